The Hall–Kier alpha value is -3.15. The first-order chi connectivity index (χ1) is 18.6. The van der Waals surface area contributed by atoms with Gasteiger partial charge in [0.05, 0.1) is 6.42 Å². The molecule has 6 nitrogen and oxygen atoms in total. The topological polar surface area (TPSA) is 84.5 Å². The van der Waals surface area contributed by atoms with Gasteiger partial charge in [0.2, 0.25) is 11.8 Å². The average Bonchev–Trinajstić information content (AvgIpc) is 2.93. The molecule has 0 aliphatic heterocycles. The third-order valence-corrected chi connectivity index (χ3v) is 6.57. The molecule has 0 aliphatic rings. The minimum Gasteiger partial charge on any atom is -0.461 e. The van der Waals surface area contributed by atoms with E-state index in [2.05, 4.69) is 17.6 Å². The molecule has 6 heteroatoms. The van der Waals surface area contributed by atoms with Crippen molar-refractivity contribution in [2.45, 2.75) is 103 Å². The number of amides is 2. The van der Waals surface area contributed by atoms with Crippen LogP contribution in [-0.2, 0) is 32.1 Å². The molecule has 0 unspecified atom stereocenters. The molecule has 2 amide bonds. The van der Waals surface area contributed by atoms with Crippen LogP contribution in [0.25, 0.3) is 0 Å². The molecule has 0 saturated heterocycles. The Balaban J connectivity index is 1.73. The van der Waals surface area contributed by atoms with Gasteiger partial charge in [-0.2, -0.15) is 0 Å². The van der Waals surface area contributed by atoms with Gasteiger partial charge in [-0.1, -0.05) is 125 Å². The number of esters is 1. The zero-order chi connectivity index (χ0) is 27.3. The molecule has 2 aromatic rings. The van der Waals surface area contributed by atoms with Gasteiger partial charge in [-0.3, -0.25) is 14.4 Å². The highest BCUT2D eigenvalue weighted by Gasteiger charge is 2.22. The van der Waals surface area contributed by atoms with Gasteiger partial charge in [0.1, 0.15) is 12.6 Å². The lowest BCUT2D eigenvalue weighted by atomic mass is 10.1. The van der Waals surface area contributed by atoms with Crippen molar-refractivity contribution in [3.8, 4) is 0 Å². The molecular weight excluding hydrogens is 476 g/mol. The van der Waals surface area contributed by atoms with Gasteiger partial charge in [-0.25, -0.2) is 0 Å². The predicted octanol–water partition coefficient (Wildman–Crippen LogP) is 6.27. The first kappa shape index (κ1) is 31.1. The molecule has 208 valence electrons. The number of nitrogens with one attached hydrogen (secondary N) is 2. The Morgan fingerprint density at radius 2 is 1.29 bits per heavy atom. The second kappa shape index (κ2) is 19.9. The minimum atomic E-state index is -0.779. The molecule has 1 atom stereocenters. The summed E-state index contributed by atoms with van der Waals surface area (Å²) in [5.74, 6) is -0.884. The highest BCUT2D eigenvalue weighted by Crippen LogP contribution is 2.11. The SMILES string of the molecule is CCCCCCCCCCCCNC(=O)[C@H](CCC(=O)OCc1ccccc1)NC(=O)Cc1ccccc1. The van der Waals surface area contributed by atoms with Crippen molar-refractivity contribution in [2.24, 2.45) is 0 Å². The molecule has 0 fully saturated rings. The molecule has 2 rings (SSSR count). The Morgan fingerprint density at radius 3 is 1.89 bits per heavy atom. The number of carbonyl (C=O) groups is 3. The van der Waals surface area contributed by atoms with Crippen LogP contribution in [0.2, 0.25) is 0 Å². The fraction of sp³-hybridized carbons (Fsp3) is 0.531. The summed E-state index contributed by atoms with van der Waals surface area (Å²) >= 11 is 0. The highest BCUT2D eigenvalue weighted by atomic mass is 16.5. The summed E-state index contributed by atoms with van der Waals surface area (Å²) in [5.41, 5.74) is 1.78. The Kier molecular flexibility index (Phi) is 16.3. The Morgan fingerprint density at radius 1 is 0.737 bits per heavy atom. The van der Waals surface area contributed by atoms with E-state index in [4.69, 9.17) is 4.74 Å². The Labute approximate surface area is 228 Å². The smallest absolute Gasteiger partial charge is 0.306 e. The van der Waals surface area contributed by atoms with Gasteiger partial charge in [0, 0.05) is 13.0 Å². The van der Waals surface area contributed by atoms with E-state index < -0.39 is 12.0 Å². The largest absolute Gasteiger partial charge is 0.461 e. The van der Waals surface area contributed by atoms with Crippen LogP contribution < -0.4 is 10.6 Å². The van der Waals surface area contributed by atoms with Crippen molar-refractivity contribution in [3.63, 3.8) is 0 Å². The number of rotatable bonds is 20. The minimum absolute atomic E-state index is 0.0504. The van der Waals surface area contributed by atoms with E-state index in [-0.39, 0.29) is 37.7 Å². The molecule has 2 aromatic carbocycles. The van der Waals surface area contributed by atoms with Gasteiger partial charge in [0.15, 0.2) is 0 Å². The van der Waals surface area contributed by atoms with Crippen LogP contribution in [0.5, 0.6) is 0 Å². The summed E-state index contributed by atoms with van der Waals surface area (Å²) in [7, 11) is 0. The van der Waals surface area contributed by atoms with E-state index in [1.165, 1.54) is 51.4 Å². The third kappa shape index (κ3) is 14.6. The van der Waals surface area contributed by atoms with Crippen molar-refractivity contribution < 1.29 is 19.1 Å². The van der Waals surface area contributed by atoms with E-state index in [1.54, 1.807) is 0 Å². The fourth-order valence-electron chi connectivity index (χ4n) is 4.32. The zero-order valence-corrected chi connectivity index (χ0v) is 23.1. The van der Waals surface area contributed by atoms with Gasteiger partial charge < -0.3 is 15.4 Å². The number of hydrogen-bond donors (Lipinski definition) is 2. The van der Waals surface area contributed by atoms with Crippen LogP contribution in [0.15, 0.2) is 60.7 Å². The number of unbranched alkanes of at least 4 members (excludes halogenated alkanes) is 9. The zero-order valence-electron chi connectivity index (χ0n) is 23.1. The summed E-state index contributed by atoms with van der Waals surface area (Å²) in [6.07, 6.45) is 12.7. The van der Waals surface area contributed by atoms with Crippen molar-refractivity contribution >= 4 is 17.8 Å². The highest BCUT2D eigenvalue weighted by molar-refractivity contribution is 5.88. The van der Waals surface area contributed by atoms with Crippen LogP contribution in [0.1, 0.15) is 95.1 Å². The maximum absolute atomic E-state index is 12.9. The molecule has 0 aliphatic carbocycles. The molecule has 0 saturated carbocycles. The normalized spacial score (nSPS) is 11.5. The van der Waals surface area contributed by atoms with Crippen molar-refractivity contribution in [2.75, 3.05) is 6.54 Å². The molecule has 0 heterocycles. The summed E-state index contributed by atoms with van der Waals surface area (Å²) in [4.78, 5) is 37.9. The first-order valence-electron chi connectivity index (χ1n) is 14.4. The maximum Gasteiger partial charge on any atom is 0.306 e. The standard InChI is InChI=1S/C32H46N2O4/c1-2-3-4-5-6-7-8-9-10-17-24-33-32(37)29(34-30(35)25-27-18-13-11-14-19-27)22-23-31(36)38-26-28-20-15-12-16-21-28/h11-16,18-21,29H,2-10,17,22-26H2,1H3,(H,33,37)(H,34,35)/t29-/m0/s1. The van der Waals surface area contributed by atoms with E-state index in [0.717, 1.165) is 24.0 Å². The summed E-state index contributed by atoms with van der Waals surface area (Å²) < 4.78 is 5.35. The number of carbonyl (C=O) groups excluding carboxylic acids is 3. The van der Waals surface area contributed by atoms with Gasteiger partial charge in [-0.15, -0.1) is 0 Å². The van der Waals surface area contributed by atoms with E-state index in [1.807, 2.05) is 60.7 Å². The monoisotopic (exact) mass is 522 g/mol. The van der Waals surface area contributed by atoms with E-state index in [0.29, 0.717) is 6.54 Å². The van der Waals surface area contributed by atoms with Crippen molar-refractivity contribution in [3.05, 3.63) is 71.8 Å². The van der Waals surface area contributed by atoms with Crippen LogP contribution in [0.4, 0.5) is 0 Å². The molecule has 0 bridgehead atoms. The molecule has 2 N–H and O–H groups in total. The van der Waals surface area contributed by atoms with Crippen LogP contribution >= 0.6 is 0 Å². The third-order valence-electron chi connectivity index (χ3n) is 6.57. The van der Waals surface area contributed by atoms with Gasteiger partial charge in [-0.05, 0) is 24.0 Å². The molecule has 0 spiro atoms. The summed E-state index contributed by atoms with van der Waals surface area (Å²) in [6.45, 7) is 3.00. The summed E-state index contributed by atoms with van der Waals surface area (Å²) in [6, 6.07) is 18.1. The second-order valence-electron chi connectivity index (χ2n) is 9.94. The molecular formula is C32H46N2O4. The molecule has 0 radical (unpaired) electrons. The van der Waals surface area contributed by atoms with Crippen molar-refractivity contribution in [1.82, 2.24) is 10.6 Å². The first-order valence-corrected chi connectivity index (χ1v) is 14.4. The number of ether oxygens (including phenoxy) is 1. The lowest BCUT2D eigenvalue weighted by molar-refractivity contribution is -0.145. The van der Waals surface area contributed by atoms with Crippen LogP contribution in [0, 0.1) is 0 Å². The fourth-order valence-corrected chi connectivity index (χ4v) is 4.32. The van der Waals surface area contributed by atoms with Gasteiger partial charge in [0.25, 0.3) is 0 Å². The average molecular weight is 523 g/mol. The van der Waals surface area contributed by atoms with Gasteiger partial charge >= 0.3 is 5.97 Å². The van der Waals surface area contributed by atoms with Crippen molar-refractivity contribution in [1.29, 1.82) is 0 Å². The van der Waals surface area contributed by atoms with Crippen LogP contribution in [-0.4, -0.2) is 30.4 Å². The lowest BCUT2D eigenvalue weighted by Gasteiger charge is -2.18. The van der Waals surface area contributed by atoms with Crippen LogP contribution in [0.3, 0.4) is 0 Å². The second-order valence-corrected chi connectivity index (χ2v) is 9.94. The summed E-state index contributed by atoms with van der Waals surface area (Å²) in [5, 5.41) is 5.78. The molecule has 38 heavy (non-hydrogen) atoms. The Bertz CT molecular complexity index is 918. The predicted molar refractivity (Wildman–Crippen MR) is 152 cm³/mol. The molecule has 0 aromatic heterocycles. The number of benzene rings is 2. The van der Waals surface area contributed by atoms with E-state index >= 15 is 0 Å². The lowest BCUT2D eigenvalue weighted by Crippen LogP contribution is -2.47. The maximum atomic E-state index is 12.9. The quantitative estimate of drug-likeness (QED) is 0.158. The number of hydrogen-bond acceptors (Lipinski definition) is 4. The van der Waals surface area contributed by atoms with E-state index in [9.17, 15) is 14.4 Å².